The Morgan fingerprint density at radius 2 is 1.90 bits per heavy atom. The van der Waals surface area contributed by atoms with Crippen LogP contribution in [0.4, 0.5) is 0 Å². The Morgan fingerprint density at radius 3 is 2.57 bits per heavy atom. The summed E-state index contributed by atoms with van der Waals surface area (Å²) in [4.78, 5) is 0. The van der Waals surface area contributed by atoms with E-state index in [2.05, 4.69) is 56.3 Å². The third-order valence-corrected chi connectivity index (χ3v) is 3.60. The highest BCUT2D eigenvalue weighted by Gasteiger charge is 2.23. The molecule has 0 spiro atoms. The van der Waals surface area contributed by atoms with E-state index in [9.17, 15) is 0 Å². The number of ether oxygens (including phenoxy) is 2. The van der Waals surface area contributed by atoms with E-state index in [1.807, 2.05) is 6.07 Å². The van der Waals surface area contributed by atoms with Crippen LogP contribution in [0.3, 0.4) is 0 Å². The monoisotopic (exact) mass is 282 g/mol. The standard InChI is InChI=1S/C19H22O2/c1-14(2)10-15-8-9-19(21-13-17-12-20-17)18(11-15)16-6-4-3-5-7-16/h3-9,11,14,17H,10,12-13H2,1-2H3. The molecular weight excluding hydrogens is 260 g/mol. The molecule has 1 atom stereocenters. The zero-order valence-corrected chi connectivity index (χ0v) is 12.7. The molecule has 110 valence electrons. The molecule has 21 heavy (non-hydrogen) atoms. The molecule has 0 amide bonds. The normalized spacial score (nSPS) is 17.0. The largest absolute Gasteiger partial charge is 0.490 e. The van der Waals surface area contributed by atoms with E-state index in [1.165, 1.54) is 16.7 Å². The van der Waals surface area contributed by atoms with Gasteiger partial charge in [0.1, 0.15) is 18.5 Å². The molecule has 1 heterocycles. The van der Waals surface area contributed by atoms with Gasteiger partial charge >= 0.3 is 0 Å². The van der Waals surface area contributed by atoms with Gasteiger partial charge in [0.15, 0.2) is 0 Å². The first-order chi connectivity index (χ1) is 10.2. The van der Waals surface area contributed by atoms with Gasteiger partial charge in [0, 0.05) is 5.56 Å². The molecule has 0 bridgehead atoms. The highest BCUT2D eigenvalue weighted by molar-refractivity contribution is 5.71. The van der Waals surface area contributed by atoms with E-state index in [0.717, 1.165) is 18.8 Å². The second-order valence-corrected chi connectivity index (χ2v) is 6.06. The summed E-state index contributed by atoms with van der Waals surface area (Å²) in [5.74, 6) is 1.60. The average Bonchev–Trinajstić information content (AvgIpc) is 3.30. The van der Waals surface area contributed by atoms with Gasteiger partial charge in [-0.15, -0.1) is 0 Å². The molecule has 1 fully saturated rings. The molecule has 3 rings (SSSR count). The van der Waals surface area contributed by atoms with Crippen LogP contribution in [-0.4, -0.2) is 19.3 Å². The number of benzene rings is 2. The Labute approximate surface area is 126 Å². The van der Waals surface area contributed by atoms with Crippen LogP contribution in [0.25, 0.3) is 11.1 Å². The first-order valence-electron chi connectivity index (χ1n) is 7.65. The van der Waals surface area contributed by atoms with E-state index in [1.54, 1.807) is 0 Å². The van der Waals surface area contributed by atoms with Crippen molar-refractivity contribution in [2.24, 2.45) is 5.92 Å². The molecule has 1 aliphatic heterocycles. The van der Waals surface area contributed by atoms with Gasteiger partial charge in [-0.3, -0.25) is 0 Å². The van der Waals surface area contributed by atoms with E-state index in [-0.39, 0.29) is 6.10 Å². The summed E-state index contributed by atoms with van der Waals surface area (Å²) in [5, 5.41) is 0. The Balaban J connectivity index is 1.90. The van der Waals surface area contributed by atoms with Crippen molar-refractivity contribution in [1.82, 2.24) is 0 Å². The Bertz CT molecular complexity index is 586. The van der Waals surface area contributed by atoms with Crippen molar-refractivity contribution in [2.45, 2.75) is 26.4 Å². The van der Waals surface area contributed by atoms with Crippen LogP contribution in [0.15, 0.2) is 48.5 Å². The van der Waals surface area contributed by atoms with Gasteiger partial charge in [0.05, 0.1) is 6.61 Å². The molecule has 0 aromatic heterocycles. The predicted molar refractivity (Wildman–Crippen MR) is 85.7 cm³/mol. The summed E-state index contributed by atoms with van der Waals surface area (Å²) < 4.78 is 11.2. The molecule has 0 N–H and O–H groups in total. The minimum atomic E-state index is 0.281. The van der Waals surface area contributed by atoms with Gasteiger partial charge in [-0.1, -0.05) is 50.2 Å². The van der Waals surface area contributed by atoms with Crippen LogP contribution >= 0.6 is 0 Å². The average molecular weight is 282 g/mol. The first kappa shape index (κ1) is 14.2. The van der Waals surface area contributed by atoms with Crippen LogP contribution in [0.1, 0.15) is 19.4 Å². The molecule has 2 heteroatoms. The van der Waals surface area contributed by atoms with Crippen molar-refractivity contribution in [3.63, 3.8) is 0 Å². The van der Waals surface area contributed by atoms with Crippen LogP contribution < -0.4 is 4.74 Å². The van der Waals surface area contributed by atoms with E-state index in [0.29, 0.717) is 12.5 Å². The van der Waals surface area contributed by atoms with Crippen molar-refractivity contribution in [3.8, 4) is 16.9 Å². The van der Waals surface area contributed by atoms with Gasteiger partial charge in [-0.2, -0.15) is 0 Å². The summed E-state index contributed by atoms with van der Waals surface area (Å²) in [6.45, 7) is 5.96. The summed E-state index contributed by atoms with van der Waals surface area (Å²) in [6, 6.07) is 17.0. The quantitative estimate of drug-likeness (QED) is 0.736. The number of rotatable bonds is 6. The molecule has 0 saturated carbocycles. The van der Waals surface area contributed by atoms with Crippen molar-refractivity contribution >= 4 is 0 Å². The number of hydrogen-bond acceptors (Lipinski definition) is 2. The second kappa shape index (κ2) is 6.31. The van der Waals surface area contributed by atoms with Crippen molar-refractivity contribution in [2.75, 3.05) is 13.2 Å². The molecule has 2 nitrogen and oxygen atoms in total. The van der Waals surface area contributed by atoms with Crippen molar-refractivity contribution in [1.29, 1.82) is 0 Å². The maximum absolute atomic E-state index is 5.95. The molecule has 2 aromatic carbocycles. The molecular formula is C19H22O2. The third kappa shape index (κ3) is 3.85. The highest BCUT2D eigenvalue weighted by Crippen LogP contribution is 2.32. The fourth-order valence-corrected chi connectivity index (χ4v) is 2.49. The lowest BCUT2D eigenvalue weighted by Gasteiger charge is -2.14. The molecule has 2 aromatic rings. The fourth-order valence-electron chi connectivity index (χ4n) is 2.49. The molecule has 1 unspecified atom stereocenters. The topological polar surface area (TPSA) is 21.8 Å². The highest BCUT2D eigenvalue weighted by atomic mass is 16.6. The summed E-state index contributed by atoms with van der Waals surface area (Å²) in [6.07, 6.45) is 1.37. The lowest BCUT2D eigenvalue weighted by Crippen LogP contribution is -2.05. The molecule has 1 saturated heterocycles. The SMILES string of the molecule is CC(C)Cc1ccc(OCC2CO2)c(-c2ccccc2)c1. The lowest BCUT2D eigenvalue weighted by atomic mass is 9.97. The minimum Gasteiger partial charge on any atom is -0.490 e. The zero-order chi connectivity index (χ0) is 14.7. The maximum atomic E-state index is 5.95. The number of epoxide rings is 1. The second-order valence-electron chi connectivity index (χ2n) is 6.06. The van der Waals surface area contributed by atoms with E-state index >= 15 is 0 Å². The minimum absolute atomic E-state index is 0.281. The molecule has 0 radical (unpaired) electrons. The molecule has 0 aliphatic carbocycles. The lowest BCUT2D eigenvalue weighted by molar-refractivity contribution is 0.264. The third-order valence-electron chi connectivity index (χ3n) is 3.60. The van der Waals surface area contributed by atoms with Gasteiger partial charge in [0.25, 0.3) is 0 Å². The first-order valence-corrected chi connectivity index (χ1v) is 7.65. The van der Waals surface area contributed by atoms with Crippen molar-refractivity contribution in [3.05, 3.63) is 54.1 Å². The van der Waals surface area contributed by atoms with E-state index in [4.69, 9.17) is 9.47 Å². The van der Waals surface area contributed by atoms with Gasteiger partial charge in [-0.05, 0) is 35.6 Å². The smallest absolute Gasteiger partial charge is 0.127 e. The predicted octanol–water partition coefficient (Wildman–Crippen LogP) is 4.33. The van der Waals surface area contributed by atoms with Crippen LogP contribution in [0.2, 0.25) is 0 Å². The van der Waals surface area contributed by atoms with Crippen LogP contribution in [0, 0.1) is 5.92 Å². The van der Waals surface area contributed by atoms with Gasteiger partial charge < -0.3 is 9.47 Å². The summed E-state index contributed by atoms with van der Waals surface area (Å²) in [5.41, 5.74) is 3.74. The van der Waals surface area contributed by atoms with E-state index < -0.39 is 0 Å². The Hall–Kier alpha value is -1.80. The van der Waals surface area contributed by atoms with Gasteiger partial charge in [0.2, 0.25) is 0 Å². The Kier molecular flexibility index (Phi) is 4.26. The summed E-state index contributed by atoms with van der Waals surface area (Å²) >= 11 is 0. The number of hydrogen-bond donors (Lipinski definition) is 0. The fraction of sp³-hybridized carbons (Fsp3) is 0.368. The van der Waals surface area contributed by atoms with Crippen LogP contribution in [0.5, 0.6) is 5.75 Å². The zero-order valence-electron chi connectivity index (χ0n) is 12.7. The van der Waals surface area contributed by atoms with Crippen LogP contribution in [-0.2, 0) is 11.2 Å². The van der Waals surface area contributed by atoms with Crippen molar-refractivity contribution < 1.29 is 9.47 Å². The summed E-state index contributed by atoms with van der Waals surface area (Å²) in [7, 11) is 0. The maximum Gasteiger partial charge on any atom is 0.127 e. The van der Waals surface area contributed by atoms with Gasteiger partial charge in [-0.25, -0.2) is 0 Å². The Morgan fingerprint density at radius 1 is 1.14 bits per heavy atom. The molecule has 1 aliphatic rings.